The molecule has 2 bridgehead atoms. The summed E-state index contributed by atoms with van der Waals surface area (Å²) in [6.45, 7) is 0. The summed E-state index contributed by atoms with van der Waals surface area (Å²) in [6.07, 6.45) is 4.30. The van der Waals surface area contributed by atoms with Crippen LogP contribution in [0.4, 0.5) is 0 Å². The molecule has 1 N–H and O–H groups in total. The van der Waals surface area contributed by atoms with Crippen LogP contribution in [-0.4, -0.2) is 30.5 Å². The average molecular weight is 248 g/mol. The summed E-state index contributed by atoms with van der Waals surface area (Å²) in [7, 11) is 1.67. The maximum absolute atomic E-state index is 10.4. The van der Waals surface area contributed by atoms with E-state index < -0.39 is 0 Å². The SMILES string of the molecule is COc1ccccc1CC(O)C1CC2CCC1O2. The van der Waals surface area contributed by atoms with Gasteiger partial charge in [0.25, 0.3) is 0 Å². The molecule has 1 aromatic carbocycles. The second-order valence-electron chi connectivity index (χ2n) is 5.36. The van der Waals surface area contributed by atoms with Gasteiger partial charge in [0.2, 0.25) is 0 Å². The van der Waals surface area contributed by atoms with E-state index in [0.717, 1.165) is 24.2 Å². The predicted octanol–water partition coefficient (Wildman–Crippen LogP) is 2.17. The van der Waals surface area contributed by atoms with Gasteiger partial charge in [-0.25, -0.2) is 0 Å². The number of fused-ring (bicyclic) bond motifs is 2. The second kappa shape index (κ2) is 4.90. The van der Waals surface area contributed by atoms with Crippen molar-refractivity contribution in [1.29, 1.82) is 0 Å². The number of aliphatic hydroxyl groups is 1. The van der Waals surface area contributed by atoms with Gasteiger partial charge in [-0.3, -0.25) is 0 Å². The van der Waals surface area contributed by atoms with Crippen LogP contribution < -0.4 is 4.74 Å². The van der Waals surface area contributed by atoms with E-state index in [4.69, 9.17) is 9.47 Å². The molecule has 0 spiro atoms. The molecule has 0 amide bonds. The molecule has 4 atom stereocenters. The third kappa shape index (κ3) is 2.13. The van der Waals surface area contributed by atoms with Crippen molar-refractivity contribution in [3.63, 3.8) is 0 Å². The number of aliphatic hydroxyl groups excluding tert-OH is 1. The first-order chi connectivity index (χ1) is 8.78. The van der Waals surface area contributed by atoms with Gasteiger partial charge >= 0.3 is 0 Å². The standard InChI is InChI=1S/C15H20O3/c1-17-14-5-3-2-4-10(14)8-13(16)12-9-11-6-7-15(12)18-11/h2-5,11-13,15-16H,6-9H2,1H3. The fourth-order valence-corrected chi connectivity index (χ4v) is 3.33. The lowest BCUT2D eigenvalue weighted by Crippen LogP contribution is -2.31. The Labute approximate surface area is 108 Å². The van der Waals surface area contributed by atoms with Crippen LogP contribution in [0.5, 0.6) is 5.75 Å². The third-order valence-corrected chi connectivity index (χ3v) is 4.27. The minimum Gasteiger partial charge on any atom is -0.496 e. The number of para-hydroxylation sites is 1. The highest BCUT2D eigenvalue weighted by Crippen LogP contribution is 2.41. The lowest BCUT2D eigenvalue weighted by Gasteiger charge is -2.24. The molecule has 3 heteroatoms. The molecular formula is C15H20O3. The lowest BCUT2D eigenvalue weighted by molar-refractivity contribution is 0.0429. The lowest BCUT2D eigenvalue weighted by atomic mass is 9.83. The highest BCUT2D eigenvalue weighted by atomic mass is 16.5. The Morgan fingerprint density at radius 3 is 2.89 bits per heavy atom. The van der Waals surface area contributed by atoms with Gasteiger partial charge in [-0.15, -0.1) is 0 Å². The van der Waals surface area contributed by atoms with Crippen molar-refractivity contribution >= 4 is 0 Å². The van der Waals surface area contributed by atoms with E-state index in [1.807, 2.05) is 24.3 Å². The minimum absolute atomic E-state index is 0.278. The Morgan fingerprint density at radius 2 is 2.22 bits per heavy atom. The first-order valence-electron chi connectivity index (χ1n) is 6.73. The quantitative estimate of drug-likeness (QED) is 0.887. The normalized spacial score (nSPS) is 31.6. The van der Waals surface area contributed by atoms with Gasteiger partial charge in [-0.05, 0) is 30.9 Å². The van der Waals surface area contributed by atoms with Crippen LogP contribution in [-0.2, 0) is 11.2 Å². The van der Waals surface area contributed by atoms with Crippen molar-refractivity contribution in [2.45, 2.75) is 44.0 Å². The molecule has 98 valence electrons. The van der Waals surface area contributed by atoms with Crippen molar-refractivity contribution in [2.24, 2.45) is 5.92 Å². The van der Waals surface area contributed by atoms with Gasteiger partial charge in [0.1, 0.15) is 5.75 Å². The number of hydrogen-bond acceptors (Lipinski definition) is 3. The van der Waals surface area contributed by atoms with E-state index in [1.165, 1.54) is 6.42 Å². The molecule has 0 saturated carbocycles. The van der Waals surface area contributed by atoms with E-state index in [9.17, 15) is 5.11 Å². The van der Waals surface area contributed by atoms with Crippen molar-refractivity contribution < 1.29 is 14.6 Å². The summed E-state index contributed by atoms with van der Waals surface area (Å²) in [5, 5.41) is 10.4. The third-order valence-electron chi connectivity index (χ3n) is 4.27. The summed E-state index contributed by atoms with van der Waals surface area (Å²) in [6, 6.07) is 7.91. The Hall–Kier alpha value is -1.06. The zero-order chi connectivity index (χ0) is 12.5. The molecule has 18 heavy (non-hydrogen) atoms. The number of methoxy groups -OCH3 is 1. The number of ether oxygens (including phenoxy) is 2. The first kappa shape index (κ1) is 12.0. The number of benzene rings is 1. The topological polar surface area (TPSA) is 38.7 Å². The van der Waals surface area contributed by atoms with E-state index in [-0.39, 0.29) is 12.2 Å². The summed E-state index contributed by atoms with van der Waals surface area (Å²) >= 11 is 0. The summed E-state index contributed by atoms with van der Waals surface area (Å²) in [4.78, 5) is 0. The smallest absolute Gasteiger partial charge is 0.122 e. The monoisotopic (exact) mass is 248 g/mol. The zero-order valence-electron chi connectivity index (χ0n) is 10.7. The summed E-state index contributed by atoms with van der Waals surface area (Å²) in [5.41, 5.74) is 1.08. The molecule has 0 aliphatic carbocycles. The summed E-state index contributed by atoms with van der Waals surface area (Å²) in [5.74, 6) is 1.16. The van der Waals surface area contributed by atoms with Crippen LogP contribution in [0.25, 0.3) is 0 Å². The molecule has 1 aromatic rings. The predicted molar refractivity (Wildman–Crippen MR) is 68.7 cm³/mol. The molecule has 2 fully saturated rings. The number of rotatable bonds is 4. The first-order valence-corrected chi connectivity index (χ1v) is 6.73. The van der Waals surface area contributed by atoms with E-state index in [2.05, 4.69) is 0 Å². The molecule has 3 rings (SSSR count). The van der Waals surface area contributed by atoms with Gasteiger partial charge < -0.3 is 14.6 Å². The molecule has 0 radical (unpaired) electrons. The zero-order valence-corrected chi connectivity index (χ0v) is 10.7. The van der Waals surface area contributed by atoms with Crippen LogP contribution in [0, 0.1) is 5.92 Å². The van der Waals surface area contributed by atoms with Crippen molar-refractivity contribution in [1.82, 2.24) is 0 Å². The summed E-state index contributed by atoms with van der Waals surface area (Å²) < 4.78 is 11.1. The van der Waals surface area contributed by atoms with Crippen LogP contribution in [0.3, 0.4) is 0 Å². The van der Waals surface area contributed by atoms with Crippen molar-refractivity contribution in [3.05, 3.63) is 29.8 Å². The van der Waals surface area contributed by atoms with Gasteiger partial charge in [0, 0.05) is 12.3 Å². The van der Waals surface area contributed by atoms with E-state index >= 15 is 0 Å². The van der Waals surface area contributed by atoms with Crippen molar-refractivity contribution in [3.8, 4) is 5.75 Å². The van der Waals surface area contributed by atoms with Gasteiger partial charge in [-0.1, -0.05) is 18.2 Å². The fourth-order valence-electron chi connectivity index (χ4n) is 3.33. The Bertz CT molecular complexity index is 418. The van der Waals surface area contributed by atoms with Crippen molar-refractivity contribution in [2.75, 3.05) is 7.11 Å². The number of hydrogen-bond donors (Lipinski definition) is 1. The Kier molecular flexibility index (Phi) is 3.27. The minimum atomic E-state index is -0.323. The van der Waals surface area contributed by atoms with Crippen LogP contribution >= 0.6 is 0 Å². The van der Waals surface area contributed by atoms with Crippen LogP contribution in [0.15, 0.2) is 24.3 Å². The van der Waals surface area contributed by atoms with Gasteiger partial charge in [0.05, 0.1) is 25.4 Å². The Balaban J connectivity index is 1.69. The average Bonchev–Trinajstić information content (AvgIpc) is 3.01. The maximum Gasteiger partial charge on any atom is 0.122 e. The van der Waals surface area contributed by atoms with Gasteiger partial charge in [0.15, 0.2) is 0 Å². The molecule has 2 aliphatic heterocycles. The van der Waals surface area contributed by atoms with Crippen LogP contribution in [0.2, 0.25) is 0 Å². The molecule has 0 aromatic heterocycles. The highest BCUT2D eigenvalue weighted by Gasteiger charge is 2.43. The molecule has 2 saturated heterocycles. The molecule has 2 heterocycles. The Morgan fingerprint density at radius 1 is 1.39 bits per heavy atom. The van der Waals surface area contributed by atoms with E-state index in [0.29, 0.717) is 18.4 Å². The molecular weight excluding hydrogens is 228 g/mol. The molecule has 3 nitrogen and oxygen atoms in total. The van der Waals surface area contributed by atoms with Gasteiger partial charge in [-0.2, -0.15) is 0 Å². The highest BCUT2D eigenvalue weighted by molar-refractivity contribution is 5.33. The fraction of sp³-hybridized carbons (Fsp3) is 0.600. The largest absolute Gasteiger partial charge is 0.496 e. The molecule has 4 unspecified atom stereocenters. The second-order valence-corrected chi connectivity index (χ2v) is 5.36. The van der Waals surface area contributed by atoms with E-state index in [1.54, 1.807) is 7.11 Å². The maximum atomic E-state index is 10.4. The molecule has 2 aliphatic rings. The van der Waals surface area contributed by atoms with Crippen LogP contribution in [0.1, 0.15) is 24.8 Å².